The van der Waals surface area contributed by atoms with Gasteiger partial charge in [0.05, 0.1) is 10.5 Å². The van der Waals surface area contributed by atoms with Gasteiger partial charge in [0, 0.05) is 21.8 Å². The summed E-state index contributed by atoms with van der Waals surface area (Å²) < 4.78 is 27.7. The molecule has 2 aromatic carbocycles. The summed E-state index contributed by atoms with van der Waals surface area (Å²) in [6.07, 6.45) is 0. The van der Waals surface area contributed by atoms with Gasteiger partial charge < -0.3 is 5.32 Å². The molecular formula is C18H15ClN2O3S2. The van der Waals surface area contributed by atoms with E-state index in [0.717, 1.165) is 5.56 Å². The summed E-state index contributed by atoms with van der Waals surface area (Å²) in [6.45, 7) is 1.80. The topological polar surface area (TPSA) is 75.3 Å². The molecule has 3 rings (SSSR count). The predicted octanol–water partition coefficient (Wildman–Crippen LogP) is 4.76. The summed E-state index contributed by atoms with van der Waals surface area (Å²) in [5.41, 5.74) is 2.14. The average molecular weight is 407 g/mol. The molecule has 0 fully saturated rings. The normalized spacial score (nSPS) is 11.2. The Balaban J connectivity index is 1.86. The van der Waals surface area contributed by atoms with Gasteiger partial charge in [0.25, 0.3) is 15.9 Å². The fourth-order valence-electron chi connectivity index (χ4n) is 2.22. The molecule has 0 spiro atoms. The van der Waals surface area contributed by atoms with Gasteiger partial charge in [-0.05, 0) is 60.3 Å². The van der Waals surface area contributed by atoms with Crippen LogP contribution in [0.15, 0.2) is 64.2 Å². The van der Waals surface area contributed by atoms with Gasteiger partial charge in [-0.2, -0.15) is 11.3 Å². The number of carbonyl (C=O) groups is 1. The second kappa shape index (κ2) is 7.49. The molecule has 26 heavy (non-hydrogen) atoms. The Bertz CT molecular complexity index is 1030. The highest BCUT2D eigenvalue weighted by atomic mass is 35.5. The number of amides is 1. The first-order valence-electron chi connectivity index (χ1n) is 7.58. The standard InChI is InChI=1S/C18H15ClN2O3S2/c1-12-2-7-16(10-17(12)20-18(22)13-8-9-25-11-13)26(23,24)21-15-5-3-14(19)4-6-15/h2-11,21H,1H3,(H,20,22). The molecule has 134 valence electrons. The van der Waals surface area contributed by atoms with Crippen LogP contribution >= 0.6 is 22.9 Å². The zero-order chi connectivity index (χ0) is 18.7. The Hall–Kier alpha value is -2.35. The fourth-order valence-corrected chi connectivity index (χ4v) is 4.07. The molecule has 2 N–H and O–H groups in total. The minimum atomic E-state index is -3.80. The van der Waals surface area contributed by atoms with E-state index >= 15 is 0 Å². The summed E-state index contributed by atoms with van der Waals surface area (Å²) in [5.74, 6) is -0.283. The Kier molecular flexibility index (Phi) is 5.31. The van der Waals surface area contributed by atoms with E-state index in [0.29, 0.717) is 22.0 Å². The van der Waals surface area contributed by atoms with Crippen molar-refractivity contribution in [2.45, 2.75) is 11.8 Å². The molecule has 0 atom stereocenters. The van der Waals surface area contributed by atoms with Crippen molar-refractivity contribution < 1.29 is 13.2 Å². The van der Waals surface area contributed by atoms with Crippen molar-refractivity contribution in [1.82, 2.24) is 0 Å². The van der Waals surface area contributed by atoms with E-state index in [1.54, 1.807) is 54.1 Å². The van der Waals surface area contributed by atoms with E-state index in [-0.39, 0.29) is 10.8 Å². The molecular weight excluding hydrogens is 392 g/mol. The monoisotopic (exact) mass is 406 g/mol. The van der Waals surface area contributed by atoms with Gasteiger partial charge in [0.1, 0.15) is 0 Å². The third kappa shape index (κ3) is 4.24. The van der Waals surface area contributed by atoms with Gasteiger partial charge >= 0.3 is 0 Å². The number of sulfonamides is 1. The van der Waals surface area contributed by atoms with Crippen LogP contribution in [0.2, 0.25) is 5.02 Å². The highest BCUT2D eigenvalue weighted by Gasteiger charge is 2.17. The molecule has 0 bridgehead atoms. The van der Waals surface area contributed by atoms with Crippen LogP contribution in [0, 0.1) is 6.92 Å². The van der Waals surface area contributed by atoms with Crippen LogP contribution in [0.4, 0.5) is 11.4 Å². The summed E-state index contributed by atoms with van der Waals surface area (Å²) in [5, 5.41) is 6.80. The average Bonchev–Trinajstić information content (AvgIpc) is 3.13. The van der Waals surface area contributed by atoms with Gasteiger partial charge in [0.15, 0.2) is 0 Å². The number of hydrogen-bond donors (Lipinski definition) is 2. The summed E-state index contributed by atoms with van der Waals surface area (Å²) in [6, 6.07) is 12.6. The smallest absolute Gasteiger partial charge is 0.261 e. The molecule has 0 saturated carbocycles. The lowest BCUT2D eigenvalue weighted by molar-refractivity contribution is 0.102. The maximum Gasteiger partial charge on any atom is 0.261 e. The highest BCUT2D eigenvalue weighted by molar-refractivity contribution is 7.92. The molecule has 0 unspecified atom stereocenters. The van der Waals surface area contributed by atoms with Crippen molar-refractivity contribution in [2.75, 3.05) is 10.0 Å². The van der Waals surface area contributed by atoms with Gasteiger partial charge in [-0.25, -0.2) is 8.42 Å². The van der Waals surface area contributed by atoms with Crippen molar-refractivity contribution in [3.8, 4) is 0 Å². The molecule has 5 nitrogen and oxygen atoms in total. The SMILES string of the molecule is Cc1ccc(S(=O)(=O)Nc2ccc(Cl)cc2)cc1NC(=O)c1ccsc1. The van der Waals surface area contributed by atoms with Gasteiger partial charge in [0.2, 0.25) is 0 Å². The van der Waals surface area contributed by atoms with Crippen LogP contribution in [0.3, 0.4) is 0 Å². The van der Waals surface area contributed by atoms with Crippen molar-refractivity contribution >= 4 is 50.2 Å². The molecule has 0 aliphatic heterocycles. The maximum absolute atomic E-state index is 12.6. The highest BCUT2D eigenvalue weighted by Crippen LogP contribution is 2.24. The van der Waals surface area contributed by atoms with Crippen LogP contribution < -0.4 is 10.0 Å². The van der Waals surface area contributed by atoms with Gasteiger partial charge in [-0.15, -0.1) is 0 Å². The van der Waals surface area contributed by atoms with E-state index in [9.17, 15) is 13.2 Å². The van der Waals surface area contributed by atoms with E-state index < -0.39 is 10.0 Å². The number of hydrogen-bond acceptors (Lipinski definition) is 4. The maximum atomic E-state index is 12.6. The van der Waals surface area contributed by atoms with Crippen LogP contribution in [-0.4, -0.2) is 14.3 Å². The first kappa shape index (κ1) is 18.4. The first-order chi connectivity index (χ1) is 12.3. The number of carbonyl (C=O) groups excluding carboxylic acids is 1. The van der Waals surface area contributed by atoms with E-state index in [1.807, 2.05) is 0 Å². The fraction of sp³-hybridized carbons (Fsp3) is 0.0556. The van der Waals surface area contributed by atoms with Crippen molar-refractivity contribution in [3.63, 3.8) is 0 Å². The van der Waals surface area contributed by atoms with Gasteiger partial charge in [-0.1, -0.05) is 17.7 Å². The molecule has 8 heteroatoms. The quantitative estimate of drug-likeness (QED) is 0.641. The number of halogens is 1. The van der Waals surface area contributed by atoms with Crippen LogP contribution in [0.1, 0.15) is 15.9 Å². The third-order valence-electron chi connectivity index (χ3n) is 3.65. The van der Waals surface area contributed by atoms with E-state index in [1.165, 1.54) is 23.5 Å². The first-order valence-corrected chi connectivity index (χ1v) is 10.4. The Morgan fingerprint density at radius 1 is 1.08 bits per heavy atom. The summed E-state index contributed by atoms with van der Waals surface area (Å²) in [7, 11) is -3.80. The predicted molar refractivity (Wildman–Crippen MR) is 106 cm³/mol. The molecule has 1 heterocycles. The molecule has 0 aliphatic carbocycles. The number of thiophene rings is 1. The van der Waals surface area contributed by atoms with E-state index in [2.05, 4.69) is 10.0 Å². The molecule has 0 radical (unpaired) electrons. The van der Waals surface area contributed by atoms with Crippen LogP contribution in [0.5, 0.6) is 0 Å². The molecule has 0 saturated heterocycles. The minimum absolute atomic E-state index is 0.0543. The minimum Gasteiger partial charge on any atom is -0.322 e. The number of anilines is 2. The van der Waals surface area contributed by atoms with E-state index in [4.69, 9.17) is 11.6 Å². The lowest BCUT2D eigenvalue weighted by Crippen LogP contribution is -2.15. The number of nitrogens with one attached hydrogen (secondary N) is 2. The van der Waals surface area contributed by atoms with Crippen LogP contribution in [0.25, 0.3) is 0 Å². The number of benzene rings is 2. The lowest BCUT2D eigenvalue weighted by atomic mass is 10.2. The van der Waals surface area contributed by atoms with Crippen LogP contribution in [-0.2, 0) is 10.0 Å². The van der Waals surface area contributed by atoms with Crippen molar-refractivity contribution in [2.24, 2.45) is 0 Å². The largest absolute Gasteiger partial charge is 0.322 e. The zero-order valence-electron chi connectivity index (χ0n) is 13.7. The lowest BCUT2D eigenvalue weighted by Gasteiger charge is -2.12. The molecule has 3 aromatic rings. The third-order valence-corrected chi connectivity index (χ3v) is 5.96. The number of rotatable bonds is 5. The zero-order valence-corrected chi connectivity index (χ0v) is 16.1. The second-order valence-electron chi connectivity index (χ2n) is 5.56. The number of aryl methyl sites for hydroxylation is 1. The Morgan fingerprint density at radius 2 is 1.81 bits per heavy atom. The Labute approximate surface area is 160 Å². The molecule has 0 aliphatic rings. The Morgan fingerprint density at radius 3 is 2.46 bits per heavy atom. The van der Waals surface area contributed by atoms with Crippen molar-refractivity contribution in [3.05, 3.63) is 75.4 Å². The second-order valence-corrected chi connectivity index (χ2v) is 8.45. The summed E-state index contributed by atoms with van der Waals surface area (Å²) in [4.78, 5) is 12.3. The van der Waals surface area contributed by atoms with Gasteiger partial charge in [-0.3, -0.25) is 9.52 Å². The summed E-state index contributed by atoms with van der Waals surface area (Å²) >= 11 is 7.23. The molecule has 1 aromatic heterocycles. The van der Waals surface area contributed by atoms with Crippen molar-refractivity contribution in [1.29, 1.82) is 0 Å². The molecule has 1 amide bonds.